The average molecular weight is 456 g/mol. The van der Waals surface area contributed by atoms with E-state index < -0.39 is 5.97 Å². The third-order valence-corrected chi connectivity index (χ3v) is 5.15. The van der Waals surface area contributed by atoms with Gasteiger partial charge in [-0.1, -0.05) is 65.6 Å². The number of carboxylic acid groups (broad SMARTS) is 1. The lowest BCUT2D eigenvalue weighted by molar-refractivity contribution is 0.0697. The Balaban J connectivity index is 2.96. The predicted octanol–water partition coefficient (Wildman–Crippen LogP) is 6.53. The van der Waals surface area contributed by atoms with Crippen LogP contribution in [0.4, 0.5) is 0 Å². The van der Waals surface area contributed by atoms with Crippen molar-refractivity contribution in [3.05, 3.63) is 49.9 Å². The summed E-state index contributed by atoms with van der Waals surface area (Å²) < 4.78 is 1.67. The molecule has 0 bridgehead atoms. The number of phenols is 1. The third-order valence-electron chi connectivity index (χ3n) is 4.00. The van der Waals surface area contributed by atoms with Crippen molar-refractivity contribution in [2.24, 2.45) is 0 Å². The van der Waals surface area contributed by atoms with Crippen LogP contribution >= 0.6 is 31.9 Å². The smallest absolute Gasteiger partial charge is 0.336 e. The Kier molecular flexibility index (Phi) is 5.76. The van der Waals surface area contributed by atoms with Gasteiger partial charge in [0.15, 0.2) is 0 Å². The molecule has 2 aromatic carbocycles. The highest BCUT2D eigenvalue weighted by Crippen LogP contribution is 2.45. The Morgan fingerprint density at radius 2 is 1.67 bits per heavy atom. The second-order valence-corrected chi connectivity index (χ2v) is 8.16. The van der Waals surface area contributed by atoms with Crippen molar-refractivity contribution >= 4 is 37.8 Å². The average Bonchev–Trinajstić information content (AvgIpc) is 2.45. The fourth-order valence-electron chi connectivity index (χ4n) is 2.87. The van der Waals surface area contributed by atoms with Gasteiger partial charge in [-0.2, -0.15) is 0 Å². The minimum absolute atomic E-state index is 0.0210. The molecule has 0 saturated heterocycles. The molecule has 128 valence electrons. The zero-order valence-electron chi connectivity index (χ0n) is 14.0. The summed E-state index contributed by atoms with van der Waals surface area (Å²) in [6.07, 6.45) is 0. The SMILES string of the molecule is CC(C)c1cc(C(=O)O)c(-c2ccc(Br)cc2Br)c(C(C)C)c1O. The fourth-order valence-corrected chi connectivity index (χ4v) is 4.11. The molecule has 2 rings (SSSR count). The van der Waals surface area contributed by atoms with Crippen LogP contribution in [0, 0.1) is 0 Å². The number of aromatic carboxylic acids is 1. The van der Waals surface area contributed by atoms with Crippen molar-refractivity contribution in [1.82, 2.24) is 0 Å². The molecule has 0 aromatic heterocycles. The monoisotopic (exact) mass is 454 g/mol. The second kappa shape index (κ2) is 7.28. The predicted molar refractivity (Wildman–Crippen MR) is 104 cm³/mol. The van der Waals surface area contributed by atoms with Gasteiger partial charge >= 0.3 is 5.97 Å². The van der Waals surface area contributed by atoms with E-state index in [2.05, 4.69) is 31.9 Å². The minimum Gasteiger partial charge on any atom is -0.507 e. The number of aromatic hydroxyl groups is 1. The maximum Gasteiger partial charge on any atom is 0.336 e. The Labute approximate surface area is 159 Å². The molecule has 0 spiro atoms. The third kappa shape index (κ3) is 3.52. The van der Waals surface area contributed by atoms with E-state index in [4.69, 9.17) is 0 Å². The van der Waals surface area contributed by atoms with Gasteiger partial charge in [0, 0.05) is 20.1 Å². The summed E-state index contributed by atoms with van der Waals surface area (Å²) >= 11 is 6.93. The van der Waals surface area contributed by atoms with Crippen LogP contribution < -0.4 is 0 Å². The van der Waals surface area contributed by atoms with Crippen LogP contribution in [0.5, 0.6) is 5.75 Å². The first-order valence-corrected chi connectivity index (χ1v) is 9.32. The van der Waals surface area contributed by atoms with Crippen molar-refractivity contribution in [2.75, 3.05) is 0 Å². The van der Waals surface area contributed by atoms with Crippen LogP contribution in [-0.2, 0) is 0 Å². The minimum atomic E-state index is -0.997. The van der Waals surface area contributed by atoms with Crippen molar-refractivity contribution < 1.29 is 15.0 Å². The zero-order valence-corrected chi connectivity index (χ0v) is 17.2. The standard InChI is InChI=1S/C19H20Br2O3/c1-9(2)13-8-14(19(23)24)17(16(10(3)4)18(13)22)12-6-5-11(20)7-15(12)21/h5-10,22H,1-4H3,(H,23,24). The molecule has 0 radical (unpaired) electrons. The van der Waals surface area contributed by atoms with Gasteiger partial charge in [-0.3, -0.25) is 0 Å². The molecule has 0 heterocycles. The molecule has 0 fully saturated rings. The maximum absolute atomic E-state index is 11.9. The number of phenolic OH excluding ortho intramolecular Hbond substituents is 1. The van der Waals surface area contributed by atoms with Gasteiger partial charge in [-0.05, 0) is 41.2 Å². The first-order valence-electron chi connectivity index (χ1n) is 7.73. The number of carboxylic acids is 1. The molecule has 0 saturated carbocycles. The Bertz CT molecular complexity index is 796. The fraction of sp³-hybridized carbons (Fsp3) is 0.316. The van der Waals surface area contributed by atoms with Gasteiger partial charge in [0.05, 0.1) is 5.56 Å². The first kappa shape index (κ1) is 19.0. The molecule has 3 nitrogen and oxygen atoms in total. The highest BCUT2D eigenvalue weighted by Gasteiger charge is 2.26. The van der Waals surface area contributed by atoms with E-state index in [-0.39, 0.29) is 23.1 Å². The Hall–Kier alpha value is -1.33. The summed E-state index contributed by atoms with van der Waals surface area (Å²) in [4.78, 5) is 11.9. The number of rotatable bonds is 4. The van der Waals surface area contributed by atoms with E-state index >= 15 is 0 Å². The summed E-state index contributed by atoms with van der Waals surface area (Å²) in [6.45, 7) is 7.81. The van der Waals surface area contributed by atoms with Gasteiger partial charge in [-0.15, -0.1) is 0 Å². The van der Waals surface area contributed by atoms with Crippen molar-refractivity contribution in [2.45, 2.75) is 39.5 Å². The topological polar surface area (TPSA) is 57.5 Å². The van der Waals surface area contributed by atoms with Gasteiger partial charge in [0.1, 0.15) is 5.75 Å². The molecule has 2 aromatic rings. The number of hydrogen-bond donors (Lipinski definition) is 2. The quantitative estimate of drug-likeness (QED) is 0.550. The second-order valence-electron chi connectivity index (χ2n) is 6.39. The van der Waals surface area contributed by atoms with E-state index in [1.807, 2.05) is 45.9 Å². The molecule has 0 aliphatic heterocycles. The molecular formula is C19H20Br2O3. The zero-order chi connectivity index (χ0) is 18.2. The highest BCUT2D eigenvalue weighted by molar-refractivity contribution is 9.11. The van der Waals surface area contributed by atoms with Gasteiger partial charge in [-0.25, -0.2) is 4.79 Å². The van der Waals surface area contributed by atoms with E-state index in [0.717, 1.165) is 14.5 Å². The lowest BCUT2D eigenvalue weighted by Crippen LogP contribution is -2.08. The van der Waals surface area contributed by atoms with Crippen molar-refractivity contribution in [3.8, 4) is 16.9 Å². The highest BCUT2D eigenvalue weighted by atomic mass is 79.9. The number of halogens is 2. The van der Waals surface area contributed by atoms with E-state index in [1.54, 1.807) is 6.07 Å². The molecular weight excluding hydrogens is 436 g/mol. The van der Waals surface area contributed by atoms with Crippen LogP contribution in [0.1, 0.15) is 61.0 Å². The molecule has 2 N–H and O–H groups in total. The van der Waals surface area contributed by atoms with Crippen LogP contribution in [0.25, 0.3) is 11.1 Å². The van der Waals surface area contributed by atoms with Crippen LogP contribution in [0.15, 0.2) is 33.2 Å². The largest absolute Gasteiger partial charge is 0.507 e. The molecule has 0 amide bonds. The Morgan fingerprint density at radius 1 is 1.04 bits per heavy atom. The molecule has 5 heteroatoms. The van der Waals surface area contributed by atoms with Gasteiger partial charge in [0.25, 0.3) is 0 Å². The lowest BCUT2D eigenvalue weighted by Gasteiger charge is -2.22. The van der Waals surface area contributed by atoms with E-state index in [1.165, 1.54) is 0 Å². The van der Waals surface area contributed by atoms with Crippen LogP contribution in [0.2, 0.25) is 0 Å². The molecule has 24 heavy (non-hydrogen) atoms. The van der Waals surface area contributed by atoms with Crippen molar-refractivity contribution in [3.63, 3.8) is 0 Å². The summed E-state index contributed by atoms with van der Waals surface area (Å²) in [6, 6.07) is 7.19. The van der Waals surface area contributed by atoms with Crippen LogP contribution in [-0.4, -0.2) is 16.2 Å². The summed E-state index contributed by atoms with van der Waals surface area (Å²) in [5, 5.41) is 20.6. The summed E-state index contributed by atoms with van der Waals surface area (Å²) in [5.74, 6) is -0.797. The number of hydrogen-bond acceptors (Lipinski definition) is 2. The first-order chi connectivity index (χ1) is 11.1. The molecule has 0 unspecified atom stereocenters. The van der Waals surface area contributed by atoms with Gasteiger partial charge in [0.2, 0.25) is 0 Å². The lowest BCUT2D eigenvalue weighted by atomic mass is 9.84. The molecule has 0 aliphatic rings. The Morgan fingerprint density at radius 3 is 2.12 bits per heavy atom. The van der Waals surface area contributed by atoms with Gasteiger partial charge < -0.3 is 10.2 Å². The van der Waals surface area contributed by atoms with Crippen LogP contribution in [0.3, 0.4) is 0 Å². The van der Waals surface area contributed by atoms with E-state index in [0.29, 0.717) is 16.7 Å². The maximum atomic E-state index is 11.9. The molecule has 0 atom stereocenters. The summed E-state index contributed by atoms with van der Waals surface area (Å²) in [5.41, 5.74) is 2.86. The number of carbonyl (C=O) groups is 1. The normalized spacial score (nSPS) is 11.3. The van der Waals surface area contributed by atoms with Crippen molar-refractivity contribution in [1.29, 1.82) is 0 Å². The molecule has 0 aliphatic carbocycles. The number of benzene rings is 2. The summed E-state index contributed by atoms with van der Waals surface area (Å²) in [7, 11) is 0. The van der Waals surface area contributed by atoms with E-state index in [9.17, 15) is 15.0 Å².